The van der Waals surface area contributed by atoms with Crippen LogP contribution in [0.3, 0.4) is 0 Å². The van der Waals surface area contributed by atoms with E-state index in [4.69, 9.17) is 0 Å². The normalized spacial score (nSPS) is 12.2. The number of rotatable bonds is 5. The number of carbonyl (C=O) groups is 1. The fraction of sp³-hybridized carbons (Fsp3) is 0.0556. The summed E-state index contributed by atoms with van der Waals surface area (Å²) in [5, 5.41) is 0. The molecule has 0 aliphatic heterocycles. The highest BCUT2D eigenvalue weighted by atomic mass is 16.1. The molecule has 1 nitrogen and oxygen atoms in total. The lowest BCUT2D eigenvalue weighted by molar-refractivity contribution is 0.112. The van der Waals surface area contributed by atoms with E-state index in [-0.39, 0.29) is 5.92 Å². The first-order chi connectivity index (χ1) is 9.33. The maximum atomic E-state index is 10.6. The molecule has 0 fully saturated rings. The first kappa shape index (κ1) is 13.0. The molecule has 0 aromatic heterocycles. The molecule has 2 rings (SSSR count). The molecule has 0 amide bonds. The third-order valence-corrected chi connectivity index (χ3v) is 3.01. The lowest BCUT2D eigenvalue weighted by Crippen LogP contribution is -1.91. The fourth-order valence-electron chi connectivity index (χ4n) is 1.90. The van der Waals surface area contributed by atoms with Crippen molar-refractivity contribution in [3.05, 3.63) is 90.0 Å². The van der Waals surface area contributed by atoms with Crippen molar-refractivity contribution in [1.29, 1.82) is 0 Å². The van der Waals surface area contributed by atoms with Gasteiger partial charge in [-0.15, -0.1) is 6.58 Å². The lowest BCUT2D eigenvalue weighted by atomic mass is 9.97. The highest BCUT2D eigenvalue weighted by molar-refractivity contribution is 5.74. The molecule has 2 aromatic carbocycles. The Labute approximate surface area is 113 Å². The molecule has 0 N–H and O–H groups in total. The van der Waals surface area contributed by atoms with Crippen LogP contribution in [0.5, 0.6) is 0 Å². The molecule has 94 valence electrons. The second-order valence-electron chi connectivity index (χ2n) is 4.32. The predicted molar refractivity (Wildman–Crippen MR) is 80.2 cm³/mol. The van der Waals surface area contributed by atoms with Gasteiger partial charge in [0.15, 0.2) is 0 Å². The van der Waals surface area contributed by atoms with Gasteiger partial charge in [0, 0.05) is 11.5 Å². The van der Waals surface area contributed by atoms with Crippen LogP contribution in [0.15, 0.2) is 73.3 Å². The molecule has 0 spiro atoms. The van der Waals surface area contributed by atoms with Gasteiger partial charge >= 0.3 is 0 Å². The average Bonchev–Trinajstić information content (AvgIpc) is 2.49. The summed E-state index contributed by atoms with van der Waals surface area (Å²) in [6.45, 7) is 3.87. The minimum absolute atomic E-state index is 0.154. The fourth-order valence-corrected chi connectivity index (χ4v) is 1.90. The topological polar surface area (TPSA) is 17.1 Å². The minimum Gasteiger partial charge on any atom is -0.298 e. The second kappa shape index (κ2) is 6.50. The molecule has 1 heteroatoms. The molecule has 0 saturated carbocycles. The summed E-state index contributed by atoms with van der Waals surface area (Å²) in [5.74, 6) is 0.154. The molecule has 0 saturated heterocycles. The number of hydrogen-bond acceptors (Lipinski definition) is 1. The molecule has 19 heavy (non-hydrogen) atoms. The molecular weight excluding hydrogens is 232 g/mol. The van der Waals surface area contributed by atoms with Gasteiger partial charge in [-0.2, -0.15) is 0 Å². The Bertz CT molecular complexity index is 564. The van der Waals surface area contributed by atoms with E-state index < -0.39 is 0 Å². The van der Waals surface area contributed by atoms with Crippen LogP contribution in [-0.2, 0) is 0 Å². The predicted octanol–water partition coefficient (Wildman–Crippen LogP) is 4.48. The van der Waals surface area contributed by atoms with Crippen LogP contribution in [0, 0.1) is 0 Å². The number of benzene rings is 2. The highest BCUT2D eigenvalue weighted by Crippen LogP contribution is 2.20. The van der Waals surface area contributed by atoms with E-state index in [2.05, 4.69) is 30.9 Å². The quantitative estimate of drug-likeness (QED) is 0.563. The van der Waals surface area contributed by atoms with Crippen LogP contribution in [0.25, 0.3) is 6.08 Å². The van der Waals surface area contributed by atoms with E-state index in [1.807, 2.05) is 48.5 Å². The van der Waals surface area contributed by atoms with Gasteiger partial charge in [0.05, 0.1) is 0 Å². The summed E-state index contributed by atoms with van der Waals surface area (Å²) >= 11 is 0. The van der Waals surface area contributed by atoms with Crippen molar-refractivity contribution < 1.29 is 4.79 Å². The smallest absolute Gasteiger partial charge is 0.150 e. The third-order valence-electron chi connectivity index (χ3n) is 3.01. The Morgan fingerprint density at radius 1 is 0.895 bits per heavy atom. The SMILES string of the molecule is C=CC(/C=C/c1ccccc1)c1ccc(C=O)cc1. The van der Waals surface area contributed by atoms with Crippen LogP contribution in [-0.4, -0.2) is 6.29 Å². The zero-order valence-corrected chi connectivity index (χ0v) is 10.7. The second-order valence-corrected chi connectivity index (χ2v) is 4.32. The molecule has 0 aliphatic carbocycles. The van der Waals surface area contributed by atoms with E-state index in [0.717, 1.165) is 11.8 Å². The van der Waals surface area contributed by atoms with Crippen molar-refractivity contribution in [2.45, 2.75) is 5.92 Å². The number of carbonyl (C=O) groups excluding carboxylic acids is 1. The van der Waals surface area contributed by atoms with Crippen LogP contribution in [0.1, 0.15) is 27.4 Å². The van der Waals surface area contributed by atoms with Crippen LogP contribution in [0.2, 0.25) is 0 Å². The minimum atomic E-state index is 0.154. The van der Waals surface area contributed by atoms with Gasteiger partial charge in [0.2, 0.25) is 0 Å². The van der Waals surface area contributed by atoms with Crippen molar-refractivity contribution in [2.24, 2.45) is 0 Å². The Kier molecular flexibility index (Phi) is 4.46. The molecular formula is C18H16O. The van der Waals surface area contributed by atoms with Gasteiger partial charge in [-0.25, -0.2) is 0 Å². The number of hydrogen-bond donors (Lipinski definition) is 0. The zero-order valence-electron chi connectivity index (χ0n) is 10.7. The molecule has 0 radical (unpaired) electrons. The Hall–Kier alpha value is -2.41. The summed E-state index contributed by atoms with van der Waals surface area (Å²) in [7, 11) is 0. The standard InChI is InChI=1S/C18H16O/c1-2-17(11-8-15-6-4-3-5-7-15)18-12-9-16(14-19)10-13-18/h2-14,17H,1H2/b11-8+. The average molecular weight is 248 g/mol. The monoisotopic (exact) mass is 248 g/mol. The van der Waals surface area contributed by atoms with E-state index >= 15 is 0 Å². The van der Waals surface area contributed by atoms with E-state index in [1.165, 1.54) is 5.56 Å². The maximum absolute atomic E-state index is 10.6. The van der Waals surface area contributed by atoms with Crippen LogP contribution >= 0.6 is 0 Å². The van der Waals surface area contributed by atoms with Crippen LogP contribution in [0.4, 0.5) is 0 Å². The van der Waals surface area contributed by atoms with E-state index in [1.54, 1.807) is 0 Å². The Balaban J connectivity index is 2.17. The molecule has 2 aromatic rings. The van der Waals surface area contributed by atoms with Gasteiger partial charge < -0.3 is 0 Å². The Morgan fingerprint density at radius 3 is 2.16 bits per heavy atom. The van der Waals surface area contributed by atoms with E-state index in [9.17, 15) is 4.79 Å². The van der Waals surface area contributed by atoms with Crippen LogP contribution < -0.4 is 0 Å². The van der Waals surface area contributed by atoms with Gasteiger partial charge in [-0.3, -0.25) is 4.79 Å². The zero-order chi connectivity index (χ0) is 13.5. The summed E-state index contributed by atoms with van der Waals surface area (Å²) in [5.41, 5.74) is 2.99. The molecule has 0 heterocycles. The number of allylic oxidation sites excluding steroid dienone is 2. The molecule has 0 aliphatic rings. The van der Waals surface area contributed by atoms with Gasteiger partial charge in [0.25, 0.3) is 0 Å². The first-order valence-electron chi connectivity index (χ1n) is 6.24. The molecule has 1 unspecified atom stereocenters. The molecule has 1 atom stereocenters. The van der Waals surface area contributed by atoms with Crippen molar-refractivity contribution in [3.63, 3.8) is 0 Å². The summed E-state index contributed by atoms with van der Waals surface area (Å²) < 4.78 is 0. The van der Waals surface area contributed by atoms with Crippen molar-refractivity contribution in [1.82, 2.24) is 0 Å². The summed E-state index contributed by atoms with van der Waals surface area (Å²) in [4.78, 5) is 10.6. The largest absolute Gasteiger partial charge is 0.298 e. The van der Waals surface area contributed by atoms with E-state index in [0.29, 0.717) is 5.56 Å². The van der Waals surface area contributed by atoms with Gasteiger partial charge in [0.1, 0.15) is 6.29 Å². The Morgan fingerprint density at radius 2 is 1.58 bits per heavy atom. The summed E-state index contributed by atoms with van der Waals surface area (Å²) in [6.07, 6.45) is 6.94. The van der Waals surface area contributed by atoms with Crippen molar-refractivity contribution in [2.75, 3.05) is 0 Å². The lowest BCUT2D eigenvalue weighted by Gasteiger charge is -2.08. The van der Waals surface area contributed by atoms with Crippen molar-refractivity contribution >= 4 is 12.4 Å². The molecule has 0 bridgehead atoms. The maximum Gasteiger partial charge on any atom is 0.150 e. The summed E-state index contributed by atoms with van der Waals surface area (Å²) in [6, 6.07) is 17.7. The van der Waals surface area contributed by atoms with Crippen molar-refractivity contribution in [3.8, 4) is 0 Å². The number of aldehydes is 1. The van der Waals surface area contributed by atoms with Gasteiger partial charge in [-0.05, 0) is 11.1 Å². The highest BCUT2D eigenvalue weighted by Gasteiger charge is 2.03. The van der Waals surface area contributed by atoms with Gasteiger partial charge in [-0.1, -0.05) is 72.8 Å². The first-order valence-corrected chi connectivity index (χ1v) is 6.24. The third kappa shape index (κ3) is 3.52.